The molecule has 2 nitrogen and oxygen atoms in total. The molecule has 0 saturated carbocycles. The molecule has 80 valence electrons. The molecule has 1 aliphatic carbocycles. The van der Waals surface area contributed by atoms with Crippen molar-refractivity contribution >= 4 is 17.1 Å². The zero-order chi connectivity index (χ0) is 11.1. The normalized spacial score (nSPS) is 14.2. The second-order valence-corrected chi connectivity index (χ2v) is 5.31. The average molecular weight is 229 g/mol. The van der Waals surface area contributed by atoms with Crippen LogP contribution < -0.4 is 0 Å². The molecule has 0 amide bonds. The predicted octanol–water partition coefficient (Wildman–Crippen LogP) is 3.25. The number of thiazole rings is 1. The third-order valence-corrected chi connectivity index (χ3v) is 3.86. The van der Waals surface area contributed by atoms with E-state index in [-0.39, 0.29) is 5.78 Å². The molecule has 3 rings (SSSR count). The summed E-state index contributed by atoms with van der Waals surface area (Å²) in [6.07, 6.45) is 3.43. The van der Waals surface area contributed by atoms with Crippen molar-refractivity contribution in [2.45, 2.75) is 19.8 Å². The largest absolute Gasteiger partial charge is 0.294 e. The SMILES string of the molecule is Cc1cnc(-c2ccc3c(c2)CCC3=O)s1. The second kappa shape index (κ2) is 3.52. The highest BCUT2D eigenvalue weighted by Gasteiger charge is 2.19. The van der Waals surface area contributed by atoms with Crippen LogP contribution >= 0.6 is 11.3 Å². The number of benzene rings is 1. The topological polar surface area (TPSA) is 30.0 Å². The number of nitrogens with zero attached hydrogens (tertiary/aromatic N) is 1. The Morgan fingerprint density at radius 1 is 1.31 bits per heavy atom. The van der Waals surface area contributed by atoms with E-state index in [1.54, 1.807) is 11.3 Å². The maximum Gasteiger partial charge on any atom is 0.163 e. The Balaban J connectivity index is 2.08. The number of ketones is 1. The average Bonchev–Trinajstić information content (AvgIpc) is 2.86. The van der Waals surface area contributed by atoms with Crippen LogP contribution in [0.25, 0.3) is 10.6 Å². The number of fused-ring (bicyclic) bond motifs is 1. The minimum atomic E-state index is 0.275. The van der Waals surface area contributed by atoms with Gasteiger partial charge in [-0.1, -0.05) is 12.1 Å². The van der Waals surface area contributed by atoms with Crippen LogP contribution in [-0.2, 0) is 6.42 Å². The van der Waals surface area contributed by atoms with Crippen molar-refractivity contribution < 1.29 is 4.79 Å². The van der Waals surface area contributed by atoms with Crippen LogP contribution in [0.1, 0.15) is 27.2 Å². The van der Waals surface area contributed by atoms with E-state index < -0.39 is 0 Å². The summed E-state index contributed by atoms with van der Waals surface area (Å²) in [6, 6.07) is 6.05. The van der Waals surface area contributed by atoms with Gasteiger partial charge in [-0.2, -0.15) is 0 Å². The number of Topliss-reactive ketones (excluding diaryl/α,β-unsaturated/α-hetero) is 1. The lowest BCUT2D eigenvalue weighted by atomic mass is 10.1. The van der Waals surface area contributed by atoms with Crippen LogP contribution in [0.4, 0.5) is 0 Å². The zero-order valence-corrected chi connectivity index (χ0v) is 9.80. The lowest BCUT2D eigenvalue weighted by Gasteiger charge is -2.00. The molecule has 0 unspecified atom stereocenters. The number of carbonyl (C=O) groups is 1. The van der Waals surface area contributed by atoms with E-state index in [9.17, 15) is 4.79 Å². The molecule has 0 atom stereocenters. The Kier molecular flexibility index (Phi) is 2.14. The van der Waals surface area contributed by atoms with Gasteiger partial charge in [0.2, 0.25) is 0 Å². The van der Waals surface area contributed by atoms with Crippen molar-refractivity contribution in [2.75, 3.05) is 0 Å². The highest BCUT2D eigenvalue weighted by atomic mass is 32.1. The lowest BCUT2D eigenvalue weighted by molar-refractivity contribution is 0.0994. The Bertz CT molecular complexity index is 571. The molecule has 0 radical (unpaired) electrons. The first-order chi connectivity index (χ1) is 7.74. The predicted molar refractivity (Wildman–Crippen MR) is 64.9 cm³/mol. The summed E-state index contributed by atoms with van der Waals surface area (Å²) < 4.78 is 0. The minimum absolute atomic E-state index is 0.275. The Hall–Kier alpha value is -1.48. The molecule has 1 heterocycles. The van der Waals surface area contributed by atoms with Crippen molar-refractivity contribution in [2.24, 2.45) is 0 Å². The Labute approximate surface area is 98.0 Å². The fraction of sp³-hybridized carbons (Fsp3) is 0.231. The van der Waals surface area contributed by atoms with Gasteiger partial charge in [0, 0.05) is 28.6 Å². The molecule has 2 aromatic rings. The van der Waals surface area contributed by atoms with Gasteiger partial charge in [0.1, 0.15) is 5.01 Å². The summed E-state index contributed by atoms with van der Waals surface area (Å²) in [6.45, 7) is 2.05. The van der Waals surface area contributed by atoms with Gasteiger partial charge in [0.15, 0.2) is 5.78 Å². The highest BCUT2D eigenvalue weighted by Crippen LogP contribution is 2.30. The summed E-state index contributed by atoms with van der Waals surface area (Å²) in [5.74, 6) is 0.275. The number of carbonyl (C=O) groups excluding carboxylic acids is 1. The molecule has 0 spiro atoms. The maximum atomic E-state index is 11.5. The molecule has 16 heavy (non-hydrogen) atoms. The molecule has 1 aromatic heterocycles. The molecule has 1 aromatic carbocycles. The first-order valence-electron chi connectivity index (χ1n) is 5.33. The molecular formula is C13H11NOS. The van der Waals surface area contributed by atoms with E-state index in [0.717, 1.165) is 22.6 Å². The van der Waals surface area contributed by atoms with Gasteiger partial charge >= 0.3 is 0 Å². The molecule has 0 aliphatic heterocycles. The number of aromatic nitrogens is 1. The summed E-state index contributed by atoms with van der Waals surface area (Å²) in [4.78, 5) is 17.1. The minimum Gasteiger partial charge on any atom is -0.294 e. The van der Waals surface area contributed by atoms with Gasteiger partial charge in [0.05, 0.1) is 0 Å². The molecule has 0 fully saturated rings. The smallest absolute Gasteiger partial charge is 0.163 e. The van der Waals surface area contributed by atoms with E-state index in [1.165, 1.54) is 10.4 Å². The monoisotopic (exact) mass is 229 g/mol. The van der Waals surface area contributed by atoms with E-state index >= 15 is 0 Å². The van der Waals surface area contributed by atoms with Gasteiger partial charge in [-0.15, -0.1) is 11.3 Å². The van der Waals surface area contributed by atoms with Crippen molar-refractivity contribution in [1.82, 2.24) is 4.98 Å². The molecule has 0 N–H and O–H groups in total. The third kappa shape index (κ3) is 1.48. The first kappa shape index (κ1) is 9.73. The van der Waals surface area contributed by atoms with Gasteiger partial charge in [-0.25, -0.2) is 4.98 Å². The summed E-state index contributed by atoms with van der Waals surface area (Å²) in [7, 11) is 0. The summed E-state index contributed by atoms with van der Waals surface area (Å²) in [5.41, 5.74) is 3.21. The standard InChI is InChI=1S/C13H11NOS/c1-8-7-14-13(16-8)10-2-4-11-9(6-10)3-5-12(11)15/h2,4,6-7H,3,5H2,1H3. The van der Waals surface area contributed by atoms with Gasteiger partial charge in [-0.05, 0) is 25.0 Å². The quantitative estimate of drug-likeness (QED) is 0.751. The number of rotatable bonds is 1. The van der Waals surface area contributed by atoms with Crippen LogP contribution in [0.2, 0.25) is 0 Å². The van der Waals surface area contributed by atoms with E-state index in [0.29, 0.717) is 6.42 Å². The van der Waals surface area contributed by atoms with Crippen molar-refractivity contribution in [3.63, 3.8) is 0 Å². The Morgan fingerprint density at radius 2 is 2.19 bits per heavy atom. The van der Waals surface area contributed by atoms with E-state index in [2.05, 4.69) is 18.0 Å². The maximum absolute atomic E-state index is 11.5. The third-order valence-electron chi connectivity index (χ3n) is 2.90. The molecule has 1 aliphatic rings. The van der Waals surface area contributed by atoms with Crippen molar-refractivity contribution in [1.29, 1.82) is 0 Å². The lowest BCUT2D eigenvalue weighted by Crippen LogP contribution is -1.90. The summed E-state index contributed by atoms with van der Waals surface area (Å²) >= 11 is 1.69. The Morgan fingerprint density at radius 3 is 2.94 bits per heavy atom. The van der Waals surface area contributed by atoms with Crippen LogP contribution in [0.5, 0.6) is 0 Å². The van der Waals surface area contributed by atoms with Gasteiger partial charge in [0.25, 0.3) is 0 Å². The van der Waals surface area contributed by atoms with Crippen molar-refractivity contribution in [3.05, 3.63) is 40.4 Å². The van der Waals surface area contributed by atoms with Crippen LogP contribution in [0, 0.1) is 6.92 Å². The zero-order valence-electron chi connectivity index (χ0n) is 8.99. The molecule has 0 bridgehead atoms. The van der Waals surface area contributed by atoms with Crippen LogP contribution in [0.3, 0.4) is 0 Å². The van der Waals surface area contributed by atoms with E-state index in [1.807, 2.05) is 18.3 Å². The molecular weight excluding hydrogens is 218 g/mol. The molecule has 0 saturated heterocycles. The van der Waals surface area contributed by atoms with Crippen molar-refractivity contribution in [3.8, 4) is 10.6 Å². The number of aryl methyl sites for hydroxylation is 2. The van der Waals surface area contributed by atoms with Gasteiger partial charge < -0.3 is 0 Å². The van der Waals surface area contributed by atoms with Gasteiger partial charge in [-0.3, -0.25) is 4.79 Å². The number of hydrogen-bond acceptors (Lipinski definition) is 3. The van der Waals surface area contributed by atoms with Crippen LogP contribution in [0.15, 0.2) is 24.4 Å². The van der Waals surface area contributed by atoms with Crippen LogP contribution in [-0.4, -0.2) is 10.8 Å². The number of hydrogen-bond donors (Lipinski definition) is 0. The fourth-order valence-corrected chi connectivity index (χ4v) is 2.84. The first-order valence-corrected chi connectivity index (χ1v) is 6.14. The van der Waals surface area contributed by atoms with E-state index in [4.69, 9.17) is 0 Å². The highest BCUT2D eigenvalue weighted by molar-refractivity contribution is 7.14. The second-order valence-electron chi connectivity index (χ2n) is 4.07. The summed E-state index contributed by atoms with van der Waals surface area (Å²) in [5, 5.41) is 1.04. The fourth-order valence-electron chi connectivity index (χ4n) is 2.08. The molecule has 3 heteroatoms.